The highest BCUT2D eigenvalue weighted by atomic mass is 16.3. The molecule has 0 aromatic heterocycles. The summed E-state index contributed by atoms with van der Waals surface area (Å²) in [5, 5.41) is 19.5. The Morgan fingerprint density at radius 3 is 2.44 bits per heavy atom. The van der Waals surface area contributed by atoms with E-state index in [0.717, 1.165) is 38.5 Å². The maximum atomic E-state index is 13.2. The van der Waals surface area contributed by atoms with E-state index >= 15 is 0 Å². The van der Waals surface area contributed by atoms with Crippen LogP contribution in [0.3, 0.4) is 0 Å². The Morgan fingerprint density at radius 1 is 1.16 bits per heavy atom. The molecule has 6 heteroatoms. The number of hydrogen-bond acceptors (Lipinski definition) is 4. The van der Waals surface area contributed by atoms with Gasteiger partial charge in [-0.1, -0.05) is 0 Å². The van der Waals surface area contributed by atoms with Crippen molar-refractivity contribution in [1.82, 2.24) is 9.80 Å². The number of amides is 2. The first-order valence-corrected chi connectivity index (χ1v) is 9.61. The van der Waals surface area contributed by atoms with E-state index in [9.17, 15) is 20.0 Å². The van der Waals surface area contributed by atoms with Gasteiger partial charge in [-0.05, 0) is 63.7 Å². The summed E-state index contributed by atoms with van der Waals surface area (Å²) >= 11 is 0. The third kappa shape index (κ3) is 2.64. The Kier molecular flexibility index (Phi) is 3.84. The largest absolute Gasteiger partial charge is 0.391 e. The van der Waals surface area contributed by atoms with Gasteiger partial charge >= 0.3 is 0 Å². The second-order valence-corrected chi connectivity index (χ2v) is 8.77. The average molecular weight is 345 g/mol. The Morgan fingerprint density at radius 2 is 1.88 bits per heavy atom. The zero-order chi connectivity index (χ0) is 17.8. The number of aliphatic hydroxyl groups is 1. The van der Waals surface area contributed by atoms with Crippen molar-refractivity contribution in [2.45, 2.75) is 76.5 Å². The summed E-state index contributed by atoms with van der Waals surface area (Å²) in [4.78, 5) is 29.9. The van der Waals surface area contributed by atoms with E-state index in [2.05, 4.69) is 6.07 Å². The number of carbonyl (C=O) groups excluding carboxylic acids is 2. The van der Waals surface area contributed by atoms with Gasteiger partial charge in [0.15, 0.2) is 0 Å². The number of hydrogen-bond donors (Lipinski definition) is 1. The highest BCUT2D eigenvalue weighted by molar-refractivity contribution is 5.93. The van der Waals surface area contributed by atoms with E-state index in [1.807, 2.05) is 6.92 Å². The molecule has 0 unspecified atom stereocenters. The minimum atomic E-state index is -0.897. The maximum Gasteiger partial charge on any atom is 0.245 e. The molecule has 1 N–H and O–H groups in total. The van der Waals surface area contributed by atoms with Gasteiger partial charge in [0, 0.05) is 19.1 Å². The van der Waals surface area contributed by atoms with E-state index < -0.39 is 17.6 Å². The second-order valence-electron chi connectivity index (χ2n) is 8.77. The predicted molar refractivity (Wildman–Crippen MR) is 90.1 cm³/mol. The molecular weight excluding hydrogens is 318 g/mol. The van der Waals surface area contributed by atoms with E-state index in [1.54, 1.807) is 9.80 Å². The van der Waals surface area contributed by atoms with Crippen LogP contribution in [-0.2, 0) is 9.59 Å². The Labute approximate surface area is 148 Å². The summed E-state index contributed by atoms with van der Waals surface area (Å²) in [6.07, 6.45) is 6.04. The van der Waals surface area contributed by atoms with E-state index in [0.29, 0.717) is 25.9 Å². The van der Waals surface area contributed by atoms with Crippen LogP contribution in [0.1, 0.15) is 58.3 Å². The Bertz CT molecular complexity index is 632. The van der Waals surface area contributed by atoms with Crippen LogP contribution in [-0.4, -0.2) is 58.0 Å². The van der Waals surface area contributed by atoms with E-state index in [1.165, 1.54) is 0 Å². The van der Waals surface area contributed by atoms with Crippen LogP contribution in [0, 0.1) is 22.2 Å². The molecule has 2 heterocycles. The summed E-state index contributed by atoms with van der Waals surface area (Å²) in [7, 11) is 0. The molecular formula is C19H27N3O3. The third-order valence-corrected chi connectivity index (χ3v) is 6.98. The Balaban J connectivity index is 1.57. The minimum absolute atomic E-state index is 0.0317. The molecule has 136 valence electrons. The number of piperidine rings is 1. The molecule has 6 nitrogen and oxygen atoms in total. The third-order valence-electron chi connectivity index (χ3n) is 6.98. The maximum absolute atomic E-state index is 13.2. The lowest BCUT2D eigenvalue weighted by molar-refractivity contribution is -0.153. The van der Waals surface area contributed by atoms with Gasteiger partial charge in [-0.25, -0.2) is 0 Å². The lowest BCUT2D eigenvalue weighted by Crippen LogP contribution is -2.57. The van der Waals surface area contributed by atoms with Gasteiger partial charge in [0.1, 0.15) is 11.5 Å². The van der Waals surface area contributed by atoms with Crippen molar-refractivity contribution in [3.63, 3.8) is 0 Å². The normalized spacial score (nSPS) is 35.2. The van der Waals surface area contributed by atoms with Gasteiger partial charge in [0.2, 0.25) is 11.8 Å². The summed E-state index contributed by atoms with van der Waals surface area (Å²) in [5.74, 6) is -0.163. The van der Waals surface area contributed by atoms with Gasteiger partial charge in [0.25, 0.3) is 0 Å². The first-order chi connectivity index (χ1) is 11.9. The zero-order valence-electron chi connectivity index (χ0n) is 14.9. The number of β-amino-alcohol motifs (C(OH)–C–C–N with tert-alkyl or cyclic N) is 1. The molecule has 0 radical (unpaired) electrons. The summed E-state index contributed by atoms with van der Waals surface area (Å²) < 4.78 is 0. The fourth-order valence-corrected chi connectivity index (χ4v) is 4.79. The van der Waals surface area contributed by atoms with Crippen molar-refractivity contribution in [2.75, 3.05) is 13.1 Å². The molecule has 2 amide bonds. The van der Waals surface area contributed by atoms with E-state index in [-0.39, 0.29) is 23.3 Å². The summed E-state index contributed by atoms with van der Waals surface area (Å²) in [6, 6.07) is 1.88. The number of nitrogens with zero attached hydrogens (tertiary/aromatic N) is 3. The fraction of sp³-hybridized carbons (Fsp3) is 0.842. The standard InChI is InChI=1S/C19H27N3O3/c1-13-3-4-14(23)10-21(13)16(24)15-9-18(7-8-18)12-22(15)17(25)19(11-20)5-2-6-19/h13-15,23H,2-10,12H2,1H3/t13-,14-,15-/m1/s1. The number of rotatable bonds is 2. The molecule has 0 aromatic rings. The molecule has 2 aliphatic heterocycles. The van der Waals surface area contributed by atoms with Gasteiger partial charge in [-0.2, -0.15) is 5.26 Å². The van der Waals surface area contributed by atoms with Gasteiger partial charge in [0.05, 0.1) is 12.2 Å². The quantitative estimate of drug-likeness (QED) is 0.820. The molecule has 1 spiro atoms. The van der Waals surface area contributed by atoms with Crippen LogP contribution >= 0.6 is 0 Å². The van der Waals surface area contributed by atoms with Crippen molar-refractivity contribution in [1.29, 1.82) is 5.26 Å². The molecule has 2 aliphatic carbocycles. The average Bonchev–Trinajstić information content (AvgIpc) is 3.19. The molecule has 2 saturated heterocycles. The van der Waals surface area contributed by atoms with Gasteiger partial charge < -0.3 is 14.9 Å². The van der Waals surface area contributed by atoms with Gasteiger partial charge in [-0.3, -0.25) is 9.59 Å². The smallest absolute Gasteiger partial charge is 0.245 e. The Hall–Kier alpha value is -1.61. The highest BCUT2D eigenvalue weighted by Gasteiger charge is 2.59. The topological polar surface area (TPSA) is 84.6 Å². The summed E-state index contributed by atoms with van der Waals surface area (Å²) in [5.41, 5.74) is -0.792. The van der Waals surface area contributed by atoms with Crippen molar-refractivity contribution >= 4 is 11.8 Å². The minimum Gasteiger partial charge on any atom is -0.391 e. The predicted octanol–water partition coefficient (Wildman–Crippen LogP) is 1.43. The van der Waals surface area contributed by atoms with Crippen LogP contribution in [0.15, 0.2) is 0 Å². The lowest BCUT2D eigenvalue weighted by Gasteiger charge is -2.41. The van der Waals surface area contributed by atoms with Crippen molar-refractivity contribution in [2.24, 2.45) is 10.8 Å². The lowest BCUT2D eigenvalue weighted by atomic mass is 9.69. The van der Waals surface area contributed by atoms with Crippen molar-refractivity contribution < 1.29 is 14.7 Å². The molecule has 0 bridgehead atoms. The van der Waals surface area contributed by atoms with Crippen molar-refractivity contribution in [3.05, 3.63) is 0 Å². The first-order valence-electron chi connectivity index (χ1n) is 9.61. The first kappa shape index (κ1) is 16.8. The number of carbonyl (C=O) groups is 2. The van der Waals surface area contributed by atoms with Crippen LogP contribution < -0.4 is 0 Å². The van der Waals surface area contributed by atoms with Crippen LogP contribution in [0.2, 0.25) is 0 Å². The highest BCUT2D eigenvalue weighted by Crippen LogP contribution is 2.56. The molecule has 25 heavy (non-hydrogen) atoms. The summed E-state index contributed by atoms with van der Waals surface area (Å²) in [6.45, 7) is 2.99. The zero-order valence-corrected chi connectivity index (χ0v) is 14.9. The second kappa shape index (κ2) is 5.70. The fourth-order valence-electron chi connectivity index (χ4n) is 4.79. The SMILES string of the molecule is C[C@@H]1CC[C@@H](O)CN1C(=O)[C@H]1CC2(CC2)CN1C(=O)C1(C#N)CCC1. The molecule has 4 rings (SSSR count). The number of likely N-dealkylation sites (tertiary alicyclic amines) is 2. The van der Waals surface area contributed by atoms with Crippen LogP contribution in [0.5, 0.6) is 0 Å². The molecule has 4 aliphatic rings. The van der Waals surface area contributed by atoms with Gasteiger partial charge in [-0.15, -0.1) is 0 Å². The molecule has 2 saturated carbocycles. The van der Waals surface area contributed by atoms with E-state index in [4.69, 9.17) is 0 Å². The monoisotopic (exact) mass is 345 g/mol. The molecule has 3 atom stereocenters. The molecule has 0 aromatic carbocycles. The van der Waals surface area contributed by atoms with Crippen LogP contribution in [0.25, 0.3) is 0 Å². The molecule has 4 fully saturated rings. The van der Waals surface area contributed by atoms with Crippen molar-refractivity contribution in [3.8, 4) is 6.07 Å². The number of nitriles is 1. The van der Waals surface area contributed by atoms with Crippen LogP contribution in [0.4, 0.5) is 0 Å². The number of aliphatic hydroxyl groups excluding tert-OH is 1.